The smallest absolute Gasteiger partial charge is 0.349 e. The SMILES string of the molecule is COC(=O)c1cnc(Oc2ccc3c(c2)CCC(c2ccc(C)nc2)O3)s1.COC(=O)c1cnc(Oc2ccc3c(c2)CCC(c2cnccn2)O3)s1. The molecule has 4 aromatic heterocycles. The van der Waals surface area contributed by atoms with Gasteiger partial charge in [0.05, 0.1) is 38.5 Å². The van der Waals surface area contributed by atoms with Crippen LogP contribution in [-0.4, -0.2) is 51.1 Å². The summed E-state index contributed by atoms with van der Waals surface area (Å²) in [6, 6.07) is 15.4. The Bertz CT molecular complexity index is 2210. The number of methoxy groups -OCH3 is 2. The lowest BCUT2D eigenvalue weighted by atomic mass is 9.98. The maximum Gasteiger partial charge on any atom is 0.349 e. The summed E-state index contributed by atoms with van der Waals surface area (Å²) in [7, 11) is 2.67. The number of fused-ring (bicyclic) bond motifs is 2. The number of hydrogen-bond donors (Lipinski definition) is 0. The topological polar surface area (TPSA) is 154 Å². The van der Waals surface area contributed by atoms with Gasteiger partial charge in [0.15, 0.2) is 0 Å². The van der Waals surface area contributed by atoms with E-state index in [1.807, 2.05) is 55.6 Å². The predicted octanol–water partition coefficient (Wildman–Crippen LogP) is 8.07. The summed E-state index contributed by atoms with van der Waals surface area (Å²) < 4.78 is 33.1. The Labute approximate surface area is 312 Å². The first-order valence-electron chi connectivity index (χ1n) is 16.6. The molecule has 0 saturated carbocycles. The van der Waals surface area contributed by atoms with Crippen LogP contribution in [0.1, 0.15) is 72.5 Å². The average Bonchev–Trinajstić information content (AvgIpc) is 3.88. The Morgan fingerprint density at radius 3 is 1.79 bits per heavy atom. The predicted molar refractivity (Wildman–Crippen MR) is 194 cm³/mol. The normalized spacial score (nSPS) is 15.6. The van der Waals surface area contributed by atoms with Crippen LogP contribution in [0.5, 0.6) is 33.4 Å². The Morgan fingerprint density at radius 1 is 0.679 bits per heavy atom. The Kier molecular flexibility index (Phi) is 10.8. The summed E-state index contributed by atoms with van der Waals surface area (Å²) in [5.41, 5.74) is 5.07. The fraction of sp³-hybridized carbons (Fsp3) is 0.237. The summed E-state index contributed by atoms with van der Waals surface area (Å²) in [5.74, 6) is 2.14. The first-order valence-corrected chi connectivity index (χ1v) is 18.2. The highest BCUT2D eigenvalue weighted by Crippen LogP contribution is 2.39. The molecule has 53 heavy (non-hydrogen) atoms. The van der Waals surface area contributed by atoms with Crippen LogP contribution >= 0.6 is 22.7 Å². The molecule has 0 amide bonds. The van der Waals surface area contributed by atoms with Crippen LogP contribution in [0.3, 0.4) is 0 Å². The van der Waals surface area contributed by atoms with Crippen molar-refractivity contribution in [2.75, 3.05) is 14.2 Å². The third kappa shape index (κ3) is 8.59. The molecule has 0 fully saturated rings. The zero-order valence-corrected chi connectivity index (χ0v) is 30.5. The van der Waals surface area contributed by atoms with E-state index in [9.17, 15) is 9.59 Å². The van der Waals surface area contributed by atoms with E-state index in [1.54, 1.807) is 18.6 Å². The van der Waals surface area contributed by atoms with E-state index >= 15 is 0 Å². The van der Waals surface area contributed by atoms with Crippen molar-refractivity contribution in [2.45, 2.75) is 44.8 Å². The minimum absolute atomic E-state index is 0.0129. The number of pyridine rings is 1. The minimum atomic E-state index is -0.425. The third-order valence-electron chi connectivity index (χ3n) is 8.33. The molecule has 6 aromatic rings. The summed E-state index contributed by atoms with van der Waals surface area (Å²) >= 11 is 2.29. The van der Waals surface area contributed by atoms with E-state index in [1.165, 1.54) is 26.6 Å². The Hall–Kier alpha value is -5.93. The van der Waals surface area contributed by atoms with E-state index in [2.05, 4.69) is 40.5 Å². The number of thiazole rings is 2. The molecule has 8 rings (SSSR count). The van der Waals surface area contributed by atoms with Crippen molar-refractivity contribution in [3.63, 3.8) is 0 Å². The molecule has 0 radical (unpaired) electrons. The molecule has 0 spiro atoms. The van der Waals surface area contributed by atoms with Crippen molar-refractivity contribution in [3.8, 4) is 33.4 Å². The number of carbonyl (C=O) groups excluding carboxylic acids is 2. The quantitative estimate of drug-likeness (QED) is 0.138. The van der Waals surface area contributed by atoms with Gasteiger partial charge in [-0.25, -0.2) is 19.6 Å². The fourth-order valence-electron chi connectivity index (χ4n) is 5.65. The maximum atomic E-state index is 11.5. The molecule has 6 heterocycles. The van der Waals surface area contributed by atoms with E-state index in [4.69, 9.17) is 18.9 Å². The zero-order valence-electron chi connectivity index (χ0n) is 28.9. The number of esters is 2. The average molecular weight is 752 g/mol. The molecule has 270 valence electrons. The van der Waals surface area contributed by atoms with Gasteiger partial charge in [0.2, 0.25) is 0 Å². The highest BCUT2D eigenvalue weighted by Gasteiger charge is 2.24. The van der Waals surface area contributed by atoms with Crippen molar-refractivity contribution in [1.29, 1.82) is 0 Å². The lowest BCUT2D eigenvalue weighted by molar-refractivity contribution is 0.0597. The molecule has 2 aliphatic rings. The number of rotatable bonds is 8. The van der Waals surface area contributed by atoms with Crippen LogP contribution in [0.4, 0.5) is 0 Å². The lowest BCUT2D eigenvalue weighted by Gasteiger charge is -2.26. The Balaban J connectivity index is 0.000000164. The summed E-state index contributed by atoms with van der Waals surface area (Å²) in [6.45, 7) is 1.97. The fourth-order valence-corrected chi connectivity index (χ4v) is 7.06. The second-order valence-electron chi connectivity index (χ2n) is 11.9. The maximum absolute atomic E-state index is 11.5. The second-order valence-corrected chi connectivity index (χ2v) is 13.8. The van der Waals surface area contributed by atoms with E-state index in [0.29, 0.717) is 31.6 Å². The van der Waals surface area contributed by atoms with Gasteiger partial charge in [-0.05, 0) is 86.2 Å². The van der Waals surface area contributed by atoms with Crippen LogP contribution in [0, 0.1) is 6.92 Å². The van der Waals surface area contributed by atoms with Gasteiger partial charge in [-0.1, -0.05) is 28.7 Å². The highest BCUT2D eigenvalue weighted by molar-refractivity contribution is 7.15. The molecule has 2 atom stereocenters. The summed E-state index contributed by atoms with van der Waals surface area (Å²) in [4.78, 5) is 44.8. The van der Waals surface area contributed by atoms with Gasteiger partial charge < -0.3 is 28.4 Å². The van der Waals surface area contributed by atoms with Crippen LogP contribution in [0.15, 0.2) is 85.7 Å². The molecular weight excluding hydrogens is 719 g/mol. The van der Waals surface area contributed by atoms with Crippen LogP contribution in [0.2, 0.25) is 0 Å². The molecule has 0 aliphatic carbocycles. The van der Waals surface area contributed by atoms with Crippen molar-refractivity contribution >= 4 is 34.6 Å². The first-order chi connectivity index (χ1) is 25.8. The highest BCUT2D eigenvalue weighted by atomic mass is 32.1. The summed E-state index contributed by atoms with van der Waals surface area (Å²) in [5, 5.41) is 0.787. The molecule has 0 saturated heterocycles. The number of hydrogen-bond acceptors (Lipinski definition) is 15. The number of aromatic nitrogens is 5. The van der Waals surface area contributed by atoms with Crippen molar-refractivity contribution in [2.24, 2.45) is 0 Å². The van der Waals surface area contributed by atoms with E-state index in [-0.39, 0.29) is 12.2 Å². The summed E-state index contributed by atoms with van der Waals surface area (Å²) in [6.07, 6.45) is 13.2. The Morgan fingerprint density at radius 2 is 1.26 bits per heavy atom. The van der Waals surface area contributed by atoms with E-state index in [0.717, 1.165) is 87.9 Å². The van der Waals surface area contributed by atoms with Crippen LogP contribution < -0.4 is 18.9 Å². The largest absolute Gasteiger partial charge is 0.485 e. The molecule has 15 heteroatoms. The molecule has 2 aliphatic heterocycles. The van der Waals surface area contributed by atoms with Gasteiger partial charge in [0.1, 0.15) is 45.0 Å². The monoisotopic (exact) mass is 751 g/mol. The number of ether oxygens (including phenoxy) is 6. The lowest BCUT2D eigenvalue weighted by Crippen LogP contribution is -2.16. The molecule has 0 bridgehead atoms. The van der Waals surface area contributed by atoms with Gasteiger partial charge in [-0.15, -0.1) is 0 Å². The molecular formula is C38H33N5O8S2. The molecule has 13 nitrogen and oxygen atoms in total. The van der Waals surface area contributed by atoms with Crippen molar-refractivity contribution in [3.05, 3.63) is 124 Å². The number of benzene rings is 2. The van der Waals surface area contributed by atoms with Crippen LogP contribution in [0.25, 0.3) is 0 Å². The standard InChI is InChI=1S/C20H18N2O4S.C18H15N3O4S/c1-12-3-4-14(10-21-12)17-7-5-13-9-15(6-8-16(13)26-17)25-20-22-11-18(27-20)19(23)24-2;1-23-17(22)16-10-21-18(26-16)24-12-3-5-14-11(8-12)2-4-15(25-14)13-9-19-6-7-20-13/h3-4,6,8-11,17H,5,7H2,1-2H3;3,5-10,15H,2,4H2,1H3. The minimum Gasteiger partial charge on any atom is -0.485 e. The van der Waals surface area contributed by atoms with Gasteiger partial charge in [-0.3, -0.25) is 15.0 Å². The third-order valence-corrected chi connectivity index (χ3v) is 10.0. The van der Waals surface area contributed by atoms with Gasteiger partial charge in [0.25, 0.3) is 10.4 Å². The molecule has 0 N–H and O–H groups in total. The van der Waals surface area contributed by atoms with Crippen molar-refractivity contribution < 1.29 is 38.0 Å². The molecule has 2 unspecified atom stereocenters. The number of aryl methyl sites for hydroxylation is 3. The first kappa shape index (κ1) is 35.5. The van der Waals surface area contributed by atoms with E-state index < -0.39 is 11.9 Å². The van der Waals surface area contributed by atoms with Gasteiger partial charge >= 0.3 is 11.9 Å². The number of carbonyl (C=O) groups is 2. The van der Waals surface area contributed by atoms with Gasteiger partial charge in [-0.2, -0.15) is 0 Å². The number of nitrogens with zero attached hydrogens (tertiary/aromatic N) is 5. The van der Waals surface area contributed by atoms with Gasteiger partial charge in [0, 0.05) is 29.8 Å². The molecule has 2 aromatic carbocycles. The second kappa shape index (κ2) is 16.2. The zero-order chi connectivity index (χ0) is 36.7. The van der Waals surface area contributed by atoms with Crippen LogP contribution in [-0.2, 0) is 22.3 Å². The van der Waals surface area contributed by atoms with Crippen molar-refractivity contribution in [1.82, 2.24) is 24.9 Å².